The molecule has 1 N–H and O–H groups in total. The van der Waals surface area contributed by atoms with Crippen LogP contribution >= 0.6 is 0 Å². The van der Waals surface area contributed by atoms with E-state index in [1.54, 1.807) is 24.3 Å². The molecule has 0 aliphatic rings. The van der Waals surface area contributed by atoms with Crippen molar-refractivity contribution in [3.05, 3.63) is 35.9 Å². The molecule has 4 nitrogen and oxygen atoms in total. The second-order valence-corrected chi connectivity index (χ2v) is 3.90. The largest absolute Gasteiger partial charge is 1.00 e. The van der Waals surface area contributed by atoms with Crippen molar-refractivity contribution in [1.82, 2.24) is 5.32 Å². The Morgan fingerprint density at radius 1 is 1.28 bits per heavy atom. The Kier molecular flexibility index (Phi) is 9.58. The third-order valence-electron chi connectivity index (χ3n) is 2.42. The Morgan fingerprint density at radius 3 is 2.39 bits per heavy atom. The van der Waals surface area contributed by atoms with E-state index in [2.05, 4.69) is 5.32 Å². The van der Waals surface area contributed by atoms with Crippen molar-refractivity contribution in [1.29, 1.82) is 0 Å². The zero-order valence-electron chi connectivity index (χ0n) is 10.8. The monoisotopic (exact) mass is 273 g/mol. The Hall–Kier alpha value is -0.204. The van der Waals surface area contributed by atoms with Gasteiger partial charge in [-0.2, -0.15) is 0 Å². The second-order valence-electron chi connectivity index (χ2n) is 3.90. The Labute approximate surface area is 150 Å². The Bertz CT molecular complexity index is 381. The van der Waals surface area contributed by atoms with E-state index in [4.69, 9.17) is 0 Å². The van der Waals surface area contributed by atoms with Gasteiger partial charge in [0.1, 0.15) is 0 Å². The predicted octanol–water partition coefficient (Wildman–Crippen LogP) is -2.27. The van der Waals surface area contributed by atoms with Crippen molar-refractivity contribution in [2.45, 2.75) is 32.2 Å². The fourth-order valence-electron chi connectivity index (χ4n) is 1.63. The molecular weight excluding hydrogens is 257 g/mol. The molecule has 0 saturated heterocycles. The molecule has 0 aromatic heterocycles. The summed E-state index contributed by atoms with van der Waals surface area (Å²) < 4.78 is 0. The summed E-state index contributed by atoms with van der Waals surface area (Å²) in [6.07, 6.45) is 1.30. The average molecular weight is 273 g/mol. The number of hydrogen-bond acceptors (Lipinski definition) is 3. The number of hydrogen-bond donors (Lipinski definition) is 1. The van der Waals surface area contributed by atoms with Crippen LogP contribution in [0.4, 0.5) is 0 Å². The molecule has 1 aromatic rings. The number of carboxylic acid groups (broad SMARTS) is 1. The molecule has 0 saturated carbocycles. The molecule has 0 fully saturated rings. The molecule has 0 bridgehead atoms. The summed E-state index contributed by atoms with van der Waals surface area (Å²) in [7, 11) is 0. The van der Waals surface area contributed by atoms with Crippen LogP contribution in [0.1, 0.15) is 36.5 Å². The van der Waals surface area contributed by atoms with Crippen molar-refractivity contribution in [2.24, 2.45) is 0 Å². The van der Waals surface area contributed by atoms with Crippen molar-refractivity contribution < 1.29 is 66.1 Å². The molecule has 0 radical (unpaired) electrons. The number of carboxylic acids is 1. The summed E-state index contributed by atoms with van der Waals surface area (Å²) in [5.74, 6) is -1.39. The summed E-state index contributed by atoms with van der Waals surface area (Å²) in [5, 5.41) is 13.2. The average Bonchev–Trinajstić information content (AvgIpc) is 2.29. The molecule has 1 rings (SSSR count). The Balaban J connectivity index is 0.00000289. The molecule has 92 valence electrons. The molecule has 0 spiro atoms. The summed E-state index contributed by atoms with van der Waals surface area (Å²) in [6, 6.07) is 8.37. The number of carbonyl (C=O) groups excluding carboxylic acids is 2. The maximum atomic E-state index is 11.8. The third kappa shape index (κ3) is 6.65. The van der Waals surface area contributed by atoms with E-state index in [9.17, 15) is 14.7 Å². The first-order valence-electron chi connectivity index (χ1n) is 5.69. The van der Waals surface area contributed by atoms with Crippen LogP contribution in [0.15, 0.2) is 30.3 Å². The van der Waals surface area contributed by atoms with Crippen molar-refractivity contribution in [2.75, 3.05) is 0 Å². The second kappa shape index (κ2) is 9.69. The smallest absolute Gasteiger partial charge is 0.550 e. The predicted molar refractivity (Wildman–Crippen MR) is 62.2 cm³/mol. The molecular formula is C13H16KNO3. The van der Waals surface area contributed by atoms with Crippen LogP contribution in [0.2, 0.25) is 0 Å². The molecule has 0 aliphatic carbocycles. The van der Waals surface area contributed by atoms with Gasteiger partial charge in [0.25, 0.3) is 5.91 Å². The van der Waals surface area contributed by atoms with Gasteiger partial charge >= 0.3 is 51.4 Å². The minimum Gasteiger partial charge on any atom is -0.550 e. The third-order valence-corrected chi connectivity index (χ3v) is 2.42. The van der Waals surface area contributed by atoms with E-state index in [-0.39, 0.29) is 69.8 Å². The first kappa shape index (κ1) is 17.8. The van der Waals surface area contributed by atoms with E-state index in [1.807, 2.05) is 13.0 Å². The van der Waals surface area contributed by atoms with Gasteiger partial charge in [0.05, 0.1) is 0 Å². The molecule has 1 unspecified atom stereocenters. The summed E-state index contributed by atoms with van der Waals surface area (Å²) in [6.45, 7) is 1.94. The molecule has 18 heavy (non-hydrogen) atoms. The SMILES string of the molecule is CCCC(CC(=O)[O-])NC(=O)c1ccccc1.[K+]. The summed E-state index contributed by atoms with van der Waals surface area (Å²) >= 11 is 0. The number of carbonyl (C=O) groups is 2. The van der Waals surface area contributed by atoms with Gasteiger partial charge in [-0.25, -0.2) is 0 Å². The van der Waals surface area contributed by atoms with Crippen LogP contribution in [0, 0.1) is 0 Å². The molecule has 0 heterocycles. The maximum absolute atomic E-state index is 11.8. The summed E-state index contributed by atoms with van der Waals surface area (Å²) in [5.41, 5.74) is 0.534. The number of amides is 1. The van der Waals surface area contributed by atoms with E-state index < -0.39 is 5.97 Å². The van der Waals surface area contributed by atoms with E-state index in [0.29, 0.717) is 12.0 Å². The van der Waals surface area contributed by atoms with Gasteiger partial charge in [-0.1, -0.05) is 31.5 Å². The number of aliphatic carboxylic acids is 1. The van der Waals surface area contributed by atoms with Crippen molar-refractivity contribution >= 4 is 11.9 Å². The normalized spacial score (nSPS) is 11.2. The zero-order valence-corrected chi connectivity index (χ0v) is 13.9. The first-order valence-corrected chi connectivity index (χ1v) is 5.69. The molecule has 5 heteroatoms. The Morgan fingerprint density at radius 2 is 1.89 bits per heavy atom. The van der Waals surface area contributed by atoms with Gasteiger partial charge in [-0.3, -0.25) is 4.79 Å². The van der Waals surface area contributed by atoms with E-state index in [1.165, 1.54) is 0 Å². The standard InChI is InChI=1S/C13H17NO3.K/c1-2-6-11(9-12(15)16)14-13(17)10-7-4-3-5-8-10;/h3-5,7-8,11H,2,6,9H2,1H3,(H,14,17)(H,15,16);/q;+1/p-1. The van der Waals surface area contributed by atoms with Crippen LogP contribution < -0.4 is 61.8 Å². The van der Waals surface area contributed by atoms with Gasteiger partial charge in [0.15, 0.2) is 0 Å². The minimum atomic E-state index is -1.14. The molecule has 1 atom stereocenters. The van der Waals surface area contributed by atoms with Crippen LogP contribution in [0.25, 0.3) is 0 Å². The molecule has 0 aliphatic heterocycles. The van der Waals surface area contributed by atoms with Gasteiger partial charge in [-0.15, -0.1) is 0 Å². The summed E-state index contributed by atoms with van der Waals surface area (Å²) in [4.78, 5) is 22.3. The number of rotatable bonds is 6. The van der Waals surface area contributed by atoms with Crippen molar-refractivity contribution in [3.63, 3.8) is 0 Å². The fourth-order valence-corrected chi connectivity index (χ4v) is 1.63. The quantitative estimate of drug-likeness (QED) is 0.594. The van der Waals surface area contributed by atoms with Gasteiger partial charge in [0, 0.05) is 24.0 Å². The minimum absolute atomic E-state index is 0. The topological polar surface area (TPSA) is 69.2 Å². The van der Waals surface area contributed by atoms with Gasteiger partial charge < -0.3 is 15.2 Å². The number of nitrogens with one attached hydrogen (secondary N) is 1. The van der Waals surface area contributed by atoms with Crippen molar-refractivity contribution in [3.8, 4) is 0 Å². The van der Waals surface area contributed by atoms with Gasteiger partial charge in [0.2, 0.25) is 0 Å². The van der Waals surface area contributed by atoms with Crippen LogP contribution in [0.3, 0.4) is 0 Å². The van der Waals surface area contributed by atoms with E-state index >= 15 is 0 Å². The van der Waals surface area contributed by atoms with E-state index in [0.717, 1.165) is 6.42 Å². The molecule has 1 amide bonds. The van der Waals surface area contributed by atoms with Crippen LogP contribution in [-0.2, 0) is 4.79 Å². The van der Waals surface area contributed by atoms with Crippen LogP contribution in [0.5, 0.6) is 0 Å². The number of benzene rings is 1. The molecule has 1 aromatic carbocycles. The van der Waals surface area contributed by atoms with Gasteiger partial charge in [-0.05, 0) is 18.6 Å². The van der Waals surface area contributed by atoms with Crippen LogP contribution in [-0.4, -0.2) is 17.9 Å². The zero-order chi connectivity index (χ0) is 12.7. The maximum Gasteiger partial charge on any atom is 1.00 e. The first-order chi connectivity index (χ1) is 8.13. The fraction of sp³-hybridized carbons (Fsp3) is 0.385.